The number of nitrogens with zero attached hydrogens (tertiary/aromatic N) is 3. The average Bonchev–Trinajstić information content (AvgIpc) is 2.84. The number of hydrogen-bond donors (Lipinski definition) is 1. The molecule has 184 valence electrons. The van der Waals surface area contributed by atoms with E-state index in [0.29, 0.717) is 44.0 Å². The molecule has 10 heteroatoms. The Kier molecular flexibility index (Phi) is 8.42. The Morgan fingerprint density at radius 2 is 2.03 bits per heavy atom. The molecular formula is C25H25BrIN3O5. The minimum absolute atomic E-state index is 0.174. The number of aliphatic carboxylic acids is 1. The predicted molar refractivity (Wildman–Crippen MR) is 146 cm³/mol. The van der Waals surface area contributed by atoms with Crippen molar-refractivity contribution in [2.45, 2.75) is 44.9 Å². The smallest absolute Gasteiger partial charge is 0.341 e. The van der Waals surface area contributed by atoms with Gasteiger partial charge in [0.1, 0.15) is 5.82 Å². The van der Waals surface area contributed by atoms with Gasteiger partial charge >= 0.3 is 5.97 Å². The van der Waals surface area contributed by atoms with Crippen molar-refractivity contribution in [3.63, 3.8) is 0 Å². The number of halogens is 2. The molecule has 2 aromatic carbocycles. The second-order valence-electron chi connectivity index (χ2n) is 8.27. The Morgan fingerprint density at radius 1 is 1.26 bits per heavy atom. The third-order valence-corrected chi connectivity index (χ3v) is 7.09. The largest absolute Gasteiger partial charge is 0.490 e. The van der Waals surface area contributed by atoms with E-state index < -0.39 is 12.6 Å². The topological polar surface area (TPSA) is 103 Å². The van der Waals surface area contributed by atoms with Crippen LogP contribution in [-0.2, 0) is 4.79 Å². The lowest BCUT2D eigenvalue weighted by Crippen LogP contribution is -2.25. The number of ether oxygens (including phenoxy) is 2. The van der Waals surface area contributed by atoms with Crippen LogP contribution in [-0.4, -0.2) is 40.2 Å². The van der Waals surface area contributed by atoms with Crippen LogP contribution >= 0.6 is 38.5 Å². The molecule has 0 amide bonds. The van der Waals surface area contributed by atoms with Crippen LogP contribution in [0, 0.1) is 3.57 Å². The van der Waals surface area contributed by atoms with E-state index >= 15 is 0 Å². The van der Waals surface area contributed by atoms with Gasteiger partial charge in [-0.2, -0.15) is 9.78 Å². The Morgan fingerprint density at radius 3 is 2.74 bits per heavy atom. The molecule has 0 bridgehead atoms. The molecule has 0 radical (unpaired) electrons. The van der Waals surface area contributed by atoms with Gasteiger partial charge in [0.05, 0.1) is 27.3 Å². The van der Waals surface area contributed by atoms with Gasteiger partial charge in [0, 0.05) is 10.4 Å². The summed E-state index contributed by atoms with van der Waals surface area (Å²) < 4.78 is 14.0. The maximum atomic E-state index is 13.5. The molecule has 8 nitrogen and oxygen atoms in total. The standard InChI is InChI=1S/C25H25BrIN3O5/c1-2-34-21-11-15(10-19(27)23(21)35-14-22(31)32)13-28-30-24(16-6-4-3-5-7-16)29-20-9-8-17(26)12-18(20)25(30)33/h8-13,16H,2-7,14H2,1H3,(H,31,32). The number of rotatable bonds is 8. The fourth-order valence-electron chi connectivity index (χ4n) is 4.23. The lowest BCUT2D eigenvalue weighted by molar-refractivity contribution is -0.139. The predicted octanol–water partition coefficient (Wildman–Crippen LogP) is 5.56. The van der Waals surface area contributed by atoms with E-state index in [-0.39, 0.29) is 11.5 Å². The molecule has 35 heavy (non-hydrogen) atoms. The van der Waals surface area contributed by atoms with Crippen LogP contribution < -0.4 is 15.0 Å². The summed E-state index contributed by atoms with van der Waals surface area (Å²) in [4.78, 5) is 29.3. The van der Waals surface area contributed by atoms with Crippen LogP contribution in [0.1, 0.15) is 56.3 Å². The highest BCUT2D eigenvalue weighted by molar-refractivity contribution is 14.1. The fraction of sp³-hybridized carbons (Fsp3) is 0.360. The van der Waals surface area contributed by atoms with Gasteiger partial charge in [-0.15, -0.1) is 0 Å². The molecule has 1 aliphatic carbocycles. The summed E-state index contributed by atoms with van der Waals surface area (Å²) in [7, 11) is 0. The molecule has 1 fully saturated rings. The molecule has 1 heterocycles. The highest BCUT2D eigenvalue weighted by atomic mass is 127. The van der Waals surface area contributed by atoms with Crippen molar-refractivity contribution in [2.75, 3.05) is 13.2 Å². The van der Waals surface area contributed by atoms with Gasteiger partial charge in [-0.25, -0.2) is 9.78 Å². The van der Waals surface area contributed by atoms with E-state index in [1.807, 2.05) is 19.1 Å². The summed E-state index contributed by atoms with van der Waals surface area (Å²) in [6.07, 6.45) is 6.97. The van der Waals surface area contributed by atoms with Crippen molar-refractivity contribution in [2.24, 2.45) is 5.10 Å². The third-order valence-electron chi connectivity index (χ3n) is 5.80. The molecule has 1 saturated carbocycles. The molecule has 0 aliphatic heterocycles. The number of carboxylic acid groups (broad SMARTS) is 1. The number of fused-ring (bicyclic) bond motifs is 1. The van der Waals surface area contributed by atoms with Crippen LogP contribution in [0.25, 0.3) is 10.9 Å². The number of benzene rings is 2. The Hall–Kier alpha value is -2.47. The molecule has 4 rings (SSSR count). The first-order chi connectivity index (χ1) is 16.9. The van der Waals surface area contributed by atoms with Gasteiger partial charge in [-0.05, 0) is 78.3 Å². The maximum absolute atomic E-state index is 13.5. The van der Waals surface area contributed by atoms with Gasteiger partial charge in [-0.1, -0.05) is 35.2 Å². The van der Waals surface area contributed by atoms with Crippen LogP contribution in [0.3, 0.4) is 0 Å². The van der Waals surface area contributed by atoms with Gasteiger partial charge in [-0.3, -0.25) is 4.79 Å². The highest BCUT2D eigenvalue weighted by Crippen LogP contribution is 2.34. The van der Waals surface area contributed by atoms with E-state index in [2.05, 4.69) is 43.6 Å². The van der Waals surface area contributed by atoms with Crippen molar-refractivity contribution in [3.8, 4) is 11.5 Å². The zero-order valence-corrected chi connectivity index (χ0v) is 22.9. The van der Waals surface area contributed by atoms with Crippen molar-refractivity contribution < 1.29 is 19.4 Å². The summed E-state index contributed by atoms with van der Waals surface area (Å²) in [6.45, 7) is 1.75. The number of carbonyl (C=O) groups is 1. The summed E-state index contributed by atoms with van der Waals surface area (Å²) in [5, 5.41) is 14.1. The summed E-state index contributed by atoms with van der Waals surface area (Å²) in [5.41, 5.74) is 1.14. The second-order valence-corrected chi connectivity index (χ2v) is 10.4. The van der Waals surface area contributed by atoms with Gasteiger partial charge in [0.25, 0.3) is 5.56 Å². The van der Waals surface area contributed by atoms with Crippen molar-refractivity contribution >= 4 is 61.6 Å². The molecule has 1 N–H and O–H groups in total. The SMILES string of the molecule is CCOc1cc(C=Nn2c(C3CCCCC3)nc3ccc(Br)cc3c2=O)cc(I)c1OCC(=O)O. The fourth-order valence-corrected chi connectivity index (χ4v) is 5.37. The minimum Gasteiger partial charge on any atom is -0.490 e. The van der Waals surface area contributed by atoms with Crippen molar-refractivity contribution in [3.05, 3.63) is 60.1 Å². The van der Waals surface area contributed by atoms with E-state index in [4.69, 9.17) is 19.6 Å². The molecule has 0 spiro atoms. The molecule has 1 aromatic heterocycles. The summed E-state index contributed by atoms with van der Waals surface area (Å²) >= 11 is 5.51. The first kappa shape index (κ1) is 25.6. The number of hydrogen-bond acceptors (Lipinski definition) is 6. The number of carboxylic acids is 1. The number of aromatic nitrogens is 2. The molecule has 1 aliphatic rings. The van der Waals surface area contributed by atoms with E-state index in [0.717, 1.165) is 30.2 Å². The minimum atomic E-state index is -1.07. The van der Waals surface area contributed by atoms with E-state index in [9.17, 15) is 9.59 Å². The van der Waals surface area contributed by atoms with Crippen LogP contribution in [0.2, 0.25) is 0 Å². The molecule has 0 unspecified atom stereocenters. The van der Waals surface area contributed by atoms with Crippen molar-refractivity contribution in [1.29, 1.82) is 0 Å². The lowest BCUT2D eigenvalue weighted by Gasteiger charge is -2.22. The highest BCUT2D eigenvalue weighted by Gasteiger charge is 2.22. The zero-order chi connectivity index (χ0) is 24.9. The molecule has 0 atom stereocenters. The zero-order valence-electron chi connectivity index (χ0n) is 19.2. The third kappa shape index (κ3) is 6.03. The molecule has 0 saturated heterocycles. The molecular weight excluding hydrogens is 629 g/mol. The second kappa shape index (κ2) is 11.5. The summed E-state index contributed by atoms with van der Waals surface area (Å²) in [6, 6.07) is 9.04. The average molecular weight is 654 g/mol. The molecule has 3 aromatic rings. The quantitative estimate of drug-likeness (QED) is 0.252. The first-order valence-corrected chi connectivity index (χ1v) is 13.3. The summed E-state index contributed by atoms with van der Waals surface area (Å²) in [5.74, 6) is 0.570. The first-order valence-electron chi connectivity index (χ1n) is 11.4. The maximum Gasteiger partial charge on any atom is 0.341 e. The van der Waals surface area contributed by atoms with Gasteiger partial charge < -0.3 is 14.6 Å². The Bertz CT molecular complexity index is 1330. The van der Waals surface area contributed by atoms with Crippen LogP contribution in [0.4, 0.5) is 0 Å². The lowest BCUT2D eigenvalue weighted by atomic mass is 9.88. The monoisotopic (exact) mass is 653 g/mol. The van der Waals surface area contributed by atoms with E-state index in [1.165, 1.54) is 11.1 Å². The van der Waals surface area contributed by atoms with E-state index in [1.54, 1.807) is 24.4 Å². The van der Waals surface area contributed by atoms with Crippen LogP contribution in [0.5, 0.6) is 11.5 Å². The normalized spacial score (nSPS) is 14.5. The van der Waals surface area contributed by atoms with Gasteiger partial charge in [0.15, 0.2) is 18.1 Å². The Balaban J connectivity index is 1.78. The van der Waals surface area contributed by atoms with Crippen LogP contribution in [0.15, 0.2) is 44.7 Å². The Labute approximate surface area is 224 Å². The van der Waals surface area contributed by atoms with Crippen molar-refractivity contribution in [1.82, 2.24) is 9.66 Å². The van der Waals surface area contributed by atoms with Gasteiger partial charge in [0.2, 0.25) is 0 Å².